The quantitative estimate of drug-likeness (QED) is 0.775. The molecule has 0 saturated carbocycles. The van der Waals surface area contributed by atoms with Gasteiger partial charge in [-0.3, -0.25) is 0 Å². The first kappa shape index (κ1) is 14.7. The first-order valence-electron chi connectivity index (χ1n) is 5.90. The molecule has 4 nitrogen and oxygen atoms in total. The Morgan fingerprint density at radius 1 is 1.28 bits per heavy atom. The second-order valence-electron chi connectivity index (χ2n) is 5.35. The van der Waals surface area contributed by atoms with E-state index in [1.165, 1.54) is 0 Å². The lowest BCUT2D eigenvalue weighted by Crippen LogP contribution is -2.33. The van der Waals surface area contributed by atoms with E-state index in [9.17, 15) is 9.90 Å². The van der Waals surface area contributed by atoms with Crippen LogP contribution >= 0.6 is 0 Å². The Bertz CT molecular complexity index is 394. The van der Waals surface area contributed by atoms with Crippen LogP contribution in [0.25, 0.3) is 0 Å². The van der Waals surface area contributed by atoms with Gasteiger partial charge in [-0.15, -0.1) is 0 Å². The second-order valence-corrected chi connectivity index (χ2v) is 10.8. The van der Waals surface area contributed by atoms with Crippen LogP contribution in [0.4, 0.5) is 0 Å². The standard InChI is InChI=1S/C13H20O4Si/c1-18(2,3)12(8-14)10-4-6-11(7-5-10)17-9-13(15)16/h4-7,12,14H,8-9H2,1-3H3,(H,15,16). The highest BCUT2D eigenvalue weighted by Gasteiger charge is 2.27. The molecule has 1 rings (SSSR count). The molecule has 0 heterocycles. The van der Waals surface area contributed by atoms with Gasteiger partial charge in [-0.05, 0) is 17.7 Å². The molecule has 100 valence electrons. The number of carbonyl (C=O) groups is 1. The summed E-state index contributed by atoms with van der Waals surface area (Å²) in [5.74, 6) is -0.456. The van der Waals surface area contributed by atoms with Crippen molar-refractivity contribution in [2.75, 3.05) is 13.2 Å². The normalized spacial score (nSPS) is 13.1. The zero-order valence-corrected chi connectivity index (χ0v) is 12.0. The van der Waals surface area contributed by atoms with Crippen molar-refractivity contribution in [1.82, 2.24) is 0 Å². The molecule has 0 amide bonds. The molecule has 1 aromatic carbocycles. The molecule has 0 aliphatic rings. The van der Waals surface area contributed by atoms with Crippen molar-refractivity contribution in [3.8, 4) is 5.75 Å². The van der Waals surface area contributed by atoms with Gasteiger partial charge in [-0.2, -0.15) is 0 Å². The highest BCUT2D eigenvalue weighted by molar-refractivity contribution is 6.77. The van der Waals surface area contributed by atoms with Gasteiger partial charge in [-0.1, -0.05) is 31.8 Å². The Kier molecular flexibility index (Phi) is 4.92. The van der Waals surface area contributed by atoms with Gasteiger partial charge in [0.1, 0.15) is 5.75 Å². The van der Waals surface area contributed by atoms with Crippen LogP contribution in [0.1, 0.15) is 11.1 Å². The molecule has 0 radical (unpaired) electrons. The van der Waals surface area contributed by atoms with Crippen molar-refractivity contribution in [3.63, 3.8) is 0 Å². The Morgan fingerprint density at radius 2 is 1.83 bits per heavy atom. The van der Waals surface area contributed by atoms with Crippen LogP contribution in [0, 0.1) is 0 Å². The third-order valence-corrected chi connectivity index (χ3v) is 5.48. The van der Waals surface area contributed by atoms with E-state index in [1.807, 2.05) is 12.1 Å². The van der Waals surface area contributed by atoms with Crippen molar-refractivity contribution in [3.05, 3.63) is 29.8 Å². The summed E-state index contributed by atoms with van der Waals surface area (Å²) < 4.78 is 5.07. The van der Waals surface area contributed by atoms with Crippen LogP contribution in [0.3, 0.4) is 0 Å². The number of ether oxygens (including phenoxy) is 1. The molecular weight excluding hydrogens is 248 g/mol. The number of hydrogen-bond donors (Lipinski definition) is 2. The van der Waals surface area contributed by atoms with Crippen molar-refractivity contribution in [1.29, 1.82) is 0 Å². The molecule has 0 aliphatic heterocycles. The molecule has 0 aliphatic carbocycles. The second kappa shape index (κ2) is 6.02. The third kappa shape index (κ3) is 4.16. The number of aliphatic hydroxyl groups excluding tert-OH is 1. The minimum atomic E-state index is -1.47. The van der Waals surface area contributed by atoms with E-state index in [1.54, 1.807) is 12.1 Å². The van der Waals surface area contributed by atoms with E-state index in [0.29, 0.717) is 5.75 Å². The largest absolute Gasteiger partial charge is 0.482 e. The first-order chi connectivity index (χ1) is 8.34. The highest BCUT2D eigenvalue weighted by Crippen LogP contribution is 2.27. The van der Waals surface area contributed by atoms with Gasteiger partial charge in [0.2, 0.25) is 0 Å². The Hall–Kier alpha value is -1.33. The van der Waals surface area contributed by atoms with Crippen LogP contribution in [0.5, 0.6) is 5.75 Å². The molecular formula is C13H20O4Si. The van der Waals surface area contributed by atoms with E-state index in [4.69, 9.17) is 9.84 Å². The molecule has 1 atom stereocenters. The lowest BCUT2D eigenvalue weighted by atomic mass is 10.1. The fourth-order valence-electron chi connectivity index (χ4n) is 1.82. The summed E-state index contributed by atoms with van der Waals surface area (Å²) in [7, 11) is -1.47. The maximum atomic E-state index is 10.4. The van der Waals surface area contributed by atoms with Crippen molar-refractivity contribution in [2.24, 2.45) is 0 Å². The maximum absolute atomic E-state index is 10.4. The Labute approximate surface area is 108 Å². The molecule has 5 heteroatoms. The van der Waals surface area contributed by atoms with Crippen molar-refractivity contribution >= 4 is 14.0 Å². The zero-order chi connectivity index (χ0) is 13.8. The average molecular weight is 268 g/mol. The number of aliphatic hydroxyl groups is 1. The summed E-state index contributed by atoms with van der Waals surface area (Å²) >= 11 is 0. The first-order valence-corrected chi connectivity index (χ1v) is 9.47. The Balaban J connectivity index is 2.78. The lowest BCUT2D eigenvalue weighted by molar-refractivity contribution is -0.139. The summed E-state index contributed by atoms with van der Waals surface area (Å²) in [6.07, 6.45) is 0. The summed E-state index contributed by atoms with van der Waals surface area (Å²) in [4.78, 5) is 10.4. The van der Waals surface area contributed by atoms with Gasteiger partial charge in [0.15, 0.2) is 6.61 Å². The fraction of sp³-hybridized carbons (Fsp3) is 0.462. The van der Waals surface area contributed by atoms with E-state index in [0.717, 1.165) is 5.56 Å². The number of benzene rings is 1. The monoisotopic (exact) mass is 268 g/mol. The van der Waals surface area contributed by atoms with E-state index >= 15 is 0 Å². The van der Waals surface area contributed by atoms with Crippen LogP contribution in [-0.4, -0.2) is 37.5 Å². The van der Waals surface area contributed by atoms with E-state index in [-0.39, 0.29) is 18.8 Å². The molecule has 2 N–H and O–H groups in total. The molecule has 1 unspecified atom stereocenters. The van der Waals surface area contributed by atoms with Crippen LogP contribution in [0.2, 0.25) is 19.6 Å². The minimum Gasteiger partial charge on any atom is -0.482 e. The van der Waals surface area contributed by atoms with Gasteiger partial charge in [0.05, 0.1) is 8.07 Å². The zero-order valence-electron chi connectivity index (χ0n) is 11.0. The molecule has 0 spiro atoms. The molecule has 0 saturated heterocycles. The number of carboxylic acid groups (broad SMARTS) is 1. The molecule has 0 fully saturated rings. The van der Waals surface area contributed by atoms with Crippen LogP contribution in [0.15, 0.2) is 24.3 Å². The average Bonchev–Trinajstić information content (AvgIpc) is 2.27. The smallest absolute Gasteiger partial charge is 0.341 e. The van der Waals surface area contributed by atoms with E-state index in [2.05, 4.69) is 19.6 Å². The number of hydrogen-bond acceptors (Lipinski definition) is 3. The van der Waals surface area contributed by atoms with Gasteiger partial charge in [0, 0.05) is 12.1 Å². The molecule has 18 heavy (non-hydrogen) atoms. The molecule has 0 aromatic heterocycles. The predicted molar refractivity (Wildman–Crippen MR) is 72.7 cm³/mol. The third-order valence-electron chi connectivity index (χ3n) is 2.87. The van der Waals surface area contributed by atoms with Gasteiger partial charge >= 0.3 is 5.97 Å². The summed E-state index contributed by atoms with van der Waals surface area (Å²) in [6, 6.07) is 7.30. The van der Waals surface area contributed by atoms with Crippen LogP contribution < -0.4 is 4.74 Å². The van der Waals surface area contributed by atoms with Crippen molar-refractivity contribution in [2.45, 2.75) is 25.2 Å². The van der Waals surface area contributed by atoms with Gasteiger partial charge < -0.3 is 14.9 Å². The Morgan fingerprint density at radius 3 is 2.22 bits per heavy atom. The summed E-state index contributed by atoms with van der Waals surface area (Å²) in [6.45, 7) is 6.44. The van der Waals surface area contributed by atoms with Crippen LogP contribution in [-0.2, 0) is 4.79 Å². The summed E-state index contributed by atoms with van der Waals surface area (Å²) in [5.41, 5.74) is 1.27. The minimum absolute atomic E-state index is 0.144. The maximum Gasteiger partial charge on any atom is 0.341 e. The number of aliphatic carboxylic acids is 1. The van der Waals surface area contributed by atoms with E-state index < -0.39 is 14.0 Å². The summed E-state index contributed by atoms with van der Waals surface area (Å²) in [5, 5.41) is 18.0. The SMILES string of the molecule is C[Si](C)(C)C(CO)c1ccc(OCC(=O)O)cc1. The van der Waals surface area contributed by atoms with Crippen molar-refractivity contribution < 1.29 is 19.7 Å². The predicted octanol–water partition coefficient (Wildman–Crippen LogP) is 2.10. The molecule has 1 aromatic rings. The topological polar surface area (TPSA) is 66.8 Å². The highest BCUT2D eigenvalue weighted by atomic mass is 28.3. The fourth-order valence-corrected chi connectivity index (χ4v) is 3.56. The number of rotatable bonds is 6. The molecule has 0 bridgehead atoms. The lowest BCUT2D eigenvalue weighted by Gasteiger charge is -2.27. The van der Waals surface area contributed by atoms with Gasteiger partial charge in [0.25, 0.3) is 0 Å². The number of carboxylic acids is 1. The van der Waals surface area contributed by atoms with Gasteiger partial charge in [-0.25, -0.2) is 4.79 Å².